The second-order valence-corrected chi connectivity index (χ2v) is 2.99. The highest BCUT2D eigenvalue weighted by atomic mass is 19.4. The maximum Gasteiger partial charge on any atom is 0.422 e. The van der Waals surface area contributed by atoms with Gasteiger partial charge >= 0.3 is 12.1 Å². The van der Waals surface area contributed by atoms with Gasteiger partial charge in [-0.15, -0.1) is 0 Å². The van der Waals surface area contributed by atoms with Crippen LogP contribution in [0.2, 0.25) is 0 Å². The van der Waals surface area contributed by atoms with Crippen molar-refractivity contribution in [3.05, 3.63) is 12.2 Å². The third kappa shape index (κ3) is 6.99. The van der Waals surface area contributed by atoms with Gasteiger partial charge in [0.05, 0.1) is 0 Å². The molecule has 1 atom stereocenters. The summed E-state index contributed by atoms with van der Waals surface area (Å²) in [4.78, 5) is 21.1. The fraction of sp³-hybridized carbons (Fsp3) is 0.556. The maximum atomic E-state index is 11.6. The molecular formula is C9H11F3O4. The summed E-state index contributed by atoms with van der Waals surface area (Å²) >= 11 is 0. The number of aldehydes is 1. The molecule has 7 heteroatoms. The highest BCUT2D eigenvalue weighted by Crippen LogP contribution is 2.14. The molecule has 0 aromatic rings. The topological polar surface area (TPSA) is 52.6 Å². The first kappa shape index (κ1) is 14.6. The Morgan fingerprint density at radius 2 is 2.06 bits per heavy atom. The number of carbonyl (C=O) groups is 2. The summed E-state index contributed by atoms with van der Waals surface area (Å²) in [6.45, 7) is 2.48. The molecule has 0 fully saturated rings. The van der Waals surface area contributed by atoms with Gasteiger partial charge in [0.15, 0.2) is 12.9 Å². The van der Waals surface area contributed by atoms with Crippen LogP contribution in [0.4, 0.5) is 13.2 Å². The molecule has 0 spiro atoms. The smallest absolute Gasteiger partial charge is 0.422 e. The van der Waals surface area contributed by atoms with E-state index in [0.29, 0.717) is 11.9 Å². The van der Waals surface area contributed by atoms with Gasteiger partial charge in [-0.05, 0) is 12.5 Å². The molecule has 4 nitrogen and oxygen atoms in total. The molecule has 0 aliphatic rings. The van der Waals surface area contributed by atoms with Crippen LogP contribution in [0.3, 0.4) is 0 Å². The molecule has 0 saturated carbocycles. The van der Waals surface area contributed by atoms with Crippen molar-refractivity contribution in [1.82, 2.24) is 0 Å². The van der Waals surface area contributed by atoms with Crippen LogP contribution in [0, 0.1) is 0 Å². The van der Waals surface area contributed by atoms with E-state index in [4.69, 9.17) is 0 Å². The van der Waals surface area contributed by atoms with Crippen LogP contribution in [0.1, 0.15) is 6.92 Å². The Morgan fingerprint density at radius 1 is 1.50 bits per heavy atom. The Labute approximate surface area is 90.0 Å². The van der Waals surface area contributed by atoms with Gasteiger partial charge in [0.1, 0.15) is 12.7 Å². The average molecular weight is 240 g/mol. The quantitative estimate of drug-likeness (QED) is 0.398. The van der Waals surface area contributed by atoms with Crippen LogP contribution in [-0.4, -0.2) is 37.7 Å². The molecule has 92 valence electrons. The van der Waals surface area contributed by atoms with Crippen molar-refractivity contribution < 1.29 is 32.2 Å². The lowest BCUT2D eigenvalue weighted by Gasteiger charge is -2.11. The molecule has 0 bridgehead atoms. The van der Waals surface area contributed by atoms with E-state index in [1.807, 2.05) is 0 Å². The van der Waals surface area contributed by atoms with Gasteiger partial charge in [-0.2, -0.15) is 13.2 Å². The van der Waals surface area contributed by atoms with E-state index < -0.39 is 31.5 Å². The van der Waals surface area contributed by atoms with Gasteiger partial charge in [-0.25, -0.2) is 4.79 Å². The van der Waals surface area contributed by atoms with E-state index in [1.165, 1.54) is 6.92 Å². The average Bonchev–Trinajstić information content (AvgIpc) is 2.14. The lowest BCUT2D eigenvalue weighted by molar-refractivity contribution is -0.189. The van der Waals surface area contributed by atoms with Gasteiger partial charge in [-0.1, -0.05) is 6.58 Å². The van der Waals surface area contributed by atoms with Crippen LogP contribution in [0.5, 0.6) is 0 Å². The van der Waals surface area contributed by atoms with E-state index in [0.717, 1.165) is 0 Å². The predicted molar refractivity (Wildman–Crippen MR) is 47.6 cm³/mol. The largest absolute Gasteiger partial charge is 0.454 e. The molecule has 0 N–H and O–H groups in total. The van der Waals surface area contributed by atoms with Gasteiger partial charge in [0, 0.05) is 0 Å². The number of esters is 1. The first-order chi connectivity index (χ1) is 7.26. The molecule has 0 aliphatic heterocycles. The molecule has 1 unspecified atom stereocenters. The molecular weight excluding hydrogens is 229 g/mol. The van der Waals surface area contributed by atoms with Crippen molar-refractivity contribution in [3.8, 4) is 0 Å². The van der Waals surface area contributed by atoms with Crippen LogP contribution in [0.25, 0.3) is 0 Å². The van der Waals surface area contributed by atoms with Crippen molar-refractivity contribution in [2.45, 2.75) is 19.2 Å². The molecule has 0 heterocycles. The summed E-state index contributed by atoms with van der Waals surface area (Å²) in [5.74, 6) is -1.19. The Morgan fingerprint density at radius 3 is 2.44 bits per heavy atom. The zero-order valence-corrected chi connectivity index (χ0v) is 8.54. The maximum absolute atomic E-state index is 11.6. The van der Waals surface area contributed by atoms with Crippen LogP contribution in [-0.2, 0) is 19.1 Å². The van der Waals surface area contributed by atoms with Gasteiger partial charge in [0.25, 0.3) is 0 Å². The number of halogens is 3. The predicted octanol–water partition coefficient (Wildman–Crippen LogP) is 1.25. The fourth-order valence-corrected chi connectivity index (χ4v) is 0.660. The molecule has 0 aromatic heterocycles. The minimum atomic E-state index is -4.58. The highest BCUT2D eigenvalue weighted by Gasteiger charge is 2.29. The fourth-order valence-electron chi connectivity index (χ4n) is 0.660. The first-order valence-electron chi connectivity index (χ1n) is 4.21. The lowest BCUT2D eigenvalue weighted by atomic mass is 10.2. The van der Waals surface area contributed by atoms with E-state index in [1.54, 1.807) is 0 Å². The van der Waals surface area contributed by atoms with Crippen molar-refractivity contribution in [3.63, 3.8) is 0 Å². The second kappa shape index (κ2) is 6.26. The molecule has 0 aromatic carbocycles. The summed E-state index contributed by atoms with van der Waals surface area (Å²) in [5.41, 5.74) is 0.346. The minimum absolute atomic E-state index is 0.346. The normalized spacial score (nSPS) is 13.0. The Bertz CT molecular complexity index is 272. The summed E-state index contributed by atoms with van der Waals surface area (Å²) in [6.07, 6.45) is -5.20. The number of hydrogen-bond acceptors (Lipinski definition) is 4. The molecule has 0 saturated heterocycles. The van der Waals surface area contributed by atoms with Crippen molar-refractivity contribution >= 4 is 12.3 Å². The van der Waals surface area contributed by atoms with Gasteiger partial charge in [0.2, 0.25) is 0 Å². The number of hydrogen-bond donors (Lipinski definition) is 0. The number of carbonyl (C=O) groups excluding carboxylic acids is 2. The first-order valence-corrected chi connectivity index (χ1v) is 4.21. The van der Waals surface area contributed by atoms with E-state index in [-0.39, 0.29) is 0 Å². The molecule has 0 radical (unpaired) electrons. The Balaban J connectivity index is 3.89. The molecule has 0 rings (SSSR count). The second-order valence-electron chi connectivity index (χ2n) is 2.99. The molecule has 16 heavy (non-hydrogen) atoms. The van der Waals surface area contributed by atoms with Gasteiger partial charge < -0.3 is 14.3 Å². The van der Waals surface area contributed by atoms with Crippen molar-refractivity contribution in [2.24, 2.45) is 0 Å². The highest BCUT2D eigenvalue weighted by molar-refractivity contribution is 5.71. The summed E-state index contributed by atoms with van der Waals surface area (Å²) < 4.78 is 43.4. The zero-order valence-electron chi connectivity index (χ0n) is 8.54. The summed E-state index contributed by atoms with van der Waals surface area (Å²) in [7, 11) is 0. The summed E-state index contributed by atoms with van der Waals surface area (Å²) in [6, 6.07) is 0. The number of rotatable bonds is 6. The van der Waals surface area contributed by atoms with Crippen molar-refractivity contribution in [2.75, 3.05) is 13.2 Å². The van der Waals surface area contributed by atoms with E-state index >= 15 is 0 Å². The molecule has 0 amide bonds. The minimum Gasteiger partial charge on any atom is -0.454 e. The van der Waals surface area contributed by atoms with Crippen LogP contribution in [0.15, 0.2) is 12.2 Å². The van der Waals surface area contributed by atoms with E-state index in [2.05, 4.69) is 16.1 Å². The monoisotopic (exact) mass is 240 g/mol. The third-order valence-electron chi connectivity index (χ3n) is 1.39. The number of ether oxygens (including phenoxy) is 2. The Hall–Kier alpha value is -1.37. The van der Waals surface area contributed by atoms with Crippen LogP contribution < -0.4 is 0 Å². The standard InChI is InChI=1S/C9H11F3O4/c1-6(2)7(3-13)15-4-8(14)16-5-9(10,11)12/h3,7H,1,4-5H2,2H3. The van der Waals surface area contributed by atoms with E-state index in [9.17, 15) is 22.8 Å². The van der Waals surface area contributed by atoms with Crippen molar-refractivity contribution in [1.29, 1.82) is 0 Å². The Kier molecular flexibility index (Phi) is 5.73. The zero-order chi connectivity index (χ0) is 12.8. The number of alkyl halides is 3. The lowest BCUT2D eigenvalue weighted by Crippen LogP contribution is -2.25. The SMILES string of the molecule is C=C(C)C(C=O)OCC(=O)OCC(F)(F)F. The third-order valence-corrected chi connectivity index (χ3v) is 1.39. The van der Waals surface area contributed by atoms with Crippen LogP contribution >= 0.6 is 0 Å². The van der Waals surface area contributed by atoms with Gasteiger partial charge in [-0.3, -0.25) is 0 Å². The summed E-state index contributed by atoms with van der Waals surface area (Å²) in [5, 5.41) is 0. The molecule has 0 aliphatic carbocycles.